The van der Waals surface area contributed by atoms with Crippen molar-refractivity contribution in [2.24, 2.45) is 0 Å². The topological polar surface area (TPSA) is 36.4 Å². The predicted octanol–water partition coefficient (Wildman–Crippen LogP) is 1.70. The maximum atomic E-state index is 9.16. The molecule has 2 rings (SSSR count). The van der Waals surface area contributed by atoms with Crippen LogP contribution in [-0.2, 0) is 0 Å². The van der Waals surface area contributed by atoms with Crippen LogP contribution in [0.1, 0.15) is 12.8 Å². The van der Waals surface area contributed by atoms with E-state index in [2.05, 4.69) is 9.88 Å². The fourth-order valence-electron chi connectivity index (χ4n) is 1.88. The largest absolute Gasteiger partial charge is 0.394 e. The Morgan fingerprint density at radius 3 is 3.14 bits per heavy atom. The van der Waals surface area contributed by atoms with Crippen LogP contribution in [-0.4, -0.2) is 29.3 Å². The van der Waals surface area contributed by atoms with Crippen molar-refractivity contribution >= 4 is 17.4 Å². The lowest BCUT2D eigenvalue weighted by molar-refractivity contribution is 0.266. The summed E-state index contributed by atoms with van der Waals surface area (Å²) >= 11 is 5.81. The van der Waals surface area contributed by atoms with Gasteiger partial charge in [-0.15, -0.1) is 0 Å². The van der Waals surface area contributed by atoms with Crippen LogP contribution in [0.15, 0.2) is 18.2 Å². The van der Waals surface area contributed by atoms with E-state index < -0.39 is 0 Å². The molecule has 0 bridgehead atoms. The molecule has 0 amide bonds. The molecule has 3 nitrogen and oxygen atoms in total. The number of halogens is 1. The molecule has 0 radical (unpaired) electrons. The normalized spacial score (nSPS) is 21.6. The van der Waals surface area contributed by atoms with Gasteiger partial charge in [-0.25, -0.2) is 4.98 Å². The fourth-order valence-corrected chi connectivity index (χ4v) is 2.04. The van der Waals surface area contributed by atoms with Gasteiger partial charge >= 0.3 is 0 Å². The highest BCUT2D eigenvalue weighted by Crippen LogP contribution is 2.24. The van der Waals surface area contributed by atoms with E-state index in [0.29, 0.717) is 5.15 Å². The van der Waals surface area contributed by atoms with Crippen molar-refractivity contribution in [3.05, 3.63) is 23.4 Å². The minimum atomic E-state index is 0.189. The van der Waals surface area contributed by atoms with Crippen LogP contribution in [0.4, 0.5) is 5.82 Å². The zero-order valence-electron chi connectivity index (χ0n) is 7.86. The molecule has 1 saturated heterocycles. The van der Waals surface area contributed by atoms with E-state index in [4.69, 9.17) is 16.7 Å². The zero-order chi connectivity index (χ0) is 9.97. The molecule has 1 unspecified atom stereocenters. The third-order valence-corrected chi connectivity index (χ3v) is 2.79. The summed E-state index contributed by atoms with van der Waals surface area (Å²) in [5.41, 5.74) is 0. The van der Waals surface area contributed by atoms with Gasteiger partial charge in [0.05, 0.1) is 12.6 Å². The average molecular weight is 213 g/mol. The summed E-state index contributed by atoms with van der Waals surface area (Å²) in [5, 5.41) is 9.67. The number of aliphatic hydroxyl groups is 1. The van der Waals surface area contributed by atoms with Gasteiger partial charge in [-0.1, -0.05) is 17.7 Å². The molecular weight excluding hydrogens is 200 g/mol. The summed E-state index contributed by atoms with van der Waals surface area (Å²) in [6, 6.07) is 5.78. The number of aliphatic hydroxyl groups excluding tert-OH is 1. The molecule has 1 aromatic heterocycles. The first kappa shape index (κ1) is 9.74. The van der Waals surface area contributed by atoms with Gasteiger partial charge in [-0.2, -0.15) is 0 Å². The van der Waals surface area contributed by atoms with Crippen LogP contribution in [0.25, 0.3) is 0 Å². The molecule has 4 heteroatoms. The smallest absolute Gasteiger partial charge is 0.131 e. The number of hydrogen-bond acceptors (Lipinski definition) is 3. The Balaban J connectivity index is 2.21. The lowest BCUT2D eigenvalue weighted by atomic mass is 10.2. The van der Waals surface area contributed by atoms with Gasteiger partial charge < -0.3 is 10.0 Å². The first-order valence-electron chi connectivity index (χ1n) is 4.81. The summed E-state index contributed by atoms with van der Waals surface area (Å²) < 4.78 is 0. The lowest BCUT2D eigenvalue weighted by Crippen LogP contribution is -2.32. The monoisotopic (exact) mass is 212 g/mol. The number of anilines is 1. The quantitative estimate of drug-likeness (QED) is 0.759. The maximum absolute atomic E-state index is 9.16. The Morgan fingerprint density at radius 1 is 1.57 bits per heavy atom. The van der Waals surface area contributed by atoms with Gasteiger partial charge in [0.25, 0.3) is 0 Å². The van der Waals surface area contributed by atoms with Crippen LogP contribution in [0.2, 0.25) is 5.15 Å². The molecular formula is C10H13ClN2O. The number of pyridine rings is 1. The summed E-state index contributed by atoms with van der Waals surface area (Å²) in [7, 11) is 0. The average Bonchev–Trinajstić information content (AvgIpc) is 2.65. The molecule has 1 fully saturated rings. The minimum Gasteiger partial charge on any atom is -0.394 e. The van der Waals surface area contributed by atoms with E-state index >= 15 is 0 Å². The van der Waals surface area contributed by atoms with Crippen molar-refractivity contribution in [1.29, 1.82) is 0 Å². The van der Waals surface area contributed by atoms with Crippen molar-refractivity contribution in [2.75, 3.05) is 18.1 Å². The van der Waals surface area contributed by atoms with E-state index in [9.17, 15) is 0 Å². The summed E-state index contributed by atoms with van der Waals surface area (Å²) in [4.78, 5) is 6.35. The fraction of sp³-hybridized carbons (Fsp3) is 0.500. The van der Waals surface area contributed by atoms with Gasteiger partial charge in [0, 0.05) is 6.54 Å². The van der Waals surface area contributed by atoms with Gasteiger partial charge in [-0.3, -0.25) is 0 Å². The number of aromatic nitrogens is 1. The molecule has 0 saturated carbocycles. The van der Waals surface area contributed by atoms with Gasteiger partial charge in [0.15, 0.2) is 0 Å². The van der Waals surface area contributed by atoms with Gasteiger partial charge in [0.2, 0.25) is 0 Å². The molecule has 1 atom stereocenters. The Bertz CT molecular complexity index is 319. The Labute approximate surface area is 88.3 Å². The van der Waals surface area contributed by atoms with E-state index in [1.165, 1.54) is 0 Å². The van der Waals surface area contributed by atoms with Crippen molar-refractivity contribution in [2.45, 2.75) is 18.9 Å². The molecule has 1 aliphatic heterocycles. The maximum Gasteiger partial charge on any atom is 0.131 e. The second kappa shape index (κ2) is 4.15. The third kappa shape index (κ3) is 1.83. The van der Waals surface area contributed by atoms with Gasteiger partial charge in [0.1, 0.15) is 11.0 Å². The lowest BCUT2D eigenvalue weighted by Gasteiger charge is -2.23. The Morgan fingerprint density at radius 2 is 2.43 bits per heavy atom. The molecule has 76 valence electrons. The molecule has 1 aliphatic rings. The van der Waals surface area contributed by atoms with E-state index in [-0.39, 0.29) is 12.6 Å². The molecule has 0 aliphatic carbocycles. The third-order valence-electron chi connectivity index (χ3n) is 2.58. The highest BCUT2D eigenvalue weighted by Gasteiger charge is 2.24. The van der Waals surface area contributed by atoms with Crippen LogP contribution in [0.3, 0.4) is 0 Å². The zero-order valence-corrected chi connectivity index (χ0v) is 8.61. The summed E-state index contributed by atoms with van der Waals surface area (Å²) in [5.74, 6) is 0.869. The molecule has 0 spiro atoms. The Hall–Kier alpha value is -0.800. The number of hydrogen-bond donors (Lipinski definition) is 1. The van der Waals surface area contributed by atoms with E-state index in [0.717, 1.165) is 25.2 Å². The van der Waals surface area contributed by atoms with Crippen LogP contribution in [0, 0.1) is 0 Å². The second-order valence-corrected chi connectivity index (χ2v) is 3.88. The summed E-state index contributed by atoms with van der Waals surface area (Å²) in [6.07, 6.45) is 2.14. The molecule has 1 N–H and O–H groups in total. The van der Waals surface area contributed by atoms with Crippen molar-refractivity contribution in [3.63, 3.8) is 0 Å². The van der Waals surface area contributed by atoms with E-state index in [1.54, 1.807) is 6.07 Å². The van der Waals surface area contributed by atoms with Crippen molar-refractivity contribution < 1.29 is 5.11 Å². The number of rotatable bonds is 2. The van der Waals surface area contributed by atoms with Gasteiger partial charge in [-0.05, 0) is 25.0 Å². The highest BCUT2D eigenvalue weighted by molar-refractivity contribution is 6.29. The SMILES string of the molecule is OCC1CCCN1c1cccc(Cl)n1. The minimum absolute atomic E-state index is 0.189. The Kier molecular flexibility index (Phi) is 2.89. The first-order chi connectivity index (χ1) is 6.81. The predicted molar refractivity (Wildman–Crippen MR) is 56.7 cm³/mol. The van der Waals surface area contributed by atoms with Crippen molar-refractivity contribution in [1.82, 2.24) is 4.98 Å². The first-order valence-corrected chi connectivity index (χ1v) is 5.19. The van der Waals surface area contributed by atoms with Crippen molar-refractivity contribution in [3.8, 4) is 0 Å². The van der Waals surface area contributed by atoms with Crippen LogP contribution >= 0.6 is 11.6 Å². The molecule has 14 heavy (non-hydrogen) atoms. The summed E-state index contributed by atoms with van der Waals surface area (Å²) in [6.45, 7) is 1.15. The molecule has 0 aromatic carbocycles. The highest BCUT2D eigenvalue weighted by atomic mass is 35.5. The van der Waals surface area contributed by atoms with Crippen LogP contribution < -0.4 is 4.90 Å². The standard InChI is InChI=1S/C10H13ClN2O/c11-9-4-1-5-10(12-9)13-6-2-3-8(13)7-14/h1,4-5,8,14H,2-3,6-7H2. The molecule has 2 heterocycles. The second-order valence-electron chi connectivity index (χ2n) is 3.49. The van der Waals surface area contributed by atoms with E-state index in [1.807, 2.05) is 12.1 Å². The molecule has 1 aromatic rings. The number of nitrogens with zero attached hydrogens (tertiary/aromatic N) is 2. The van der Waals surface area contributed by atoms with Crippen LogP contribution in [0.5, 0.6) is 0 Å².